The molecule has 9 nitrogen and oxygen atoms in total. The Morgan fingerprint density at radius 2 is 0.933 bits per heavy atom. The van der Waals surface area contributed by atoms with E-state index in [9.17, 15) is 79.8 Å². The topological polar surface area (TPSA) is 105 Å². The molecular weight excluding hydrogens is 880 g/mol. The quantitative estimate of drug-likeness (QED) is 0.148. The van der Waals surface area contributed by atoms with Crippen molar-refractivity contribution in [3.63, 3.8) is 0 Å². The maximum atomic E-state index is 12.9. The van der Waals surface area contributed by atoms with Crippen LogP contribution in [0.25, 0.3) is 34.9 Å². The van der Waals surface area contributed by atoms with E-state index in [4.69, 9.17) is 5.11 Å². The van der Waals surface area contributed by atoms with Crippen LogP contribution in [0.15, 0.2) is 73.6 Å². The first-order valence-corrected chi connectivity index (χ1v) is 15.9. The molecule has 0 unspecified atom stereocenters. The number of aliphatic carboxylic acids is 1. The smallest absolute Gasteiger partial charge is 0.416 e. The molecule has 2 saturated heterocycles. The normalized spacial score (nSPS) is 16.2. The van der Waals surface area contributed by atoms with E-state index in [1.165, 1.54) is 0 Å². The van der Waals surface area contributed by atoms with Gasteiger partial charge >= 0.3 is 30.7 Å². The van der Waals surface area contributed by atoms with Crippen LogP contribution in [0.4, 0.5) is 70.2 Å². The Morgan fingerprint density at radius 1 is 0.600 bits per heavy atom. The molecule has 0 radical (unpaired) electrons. The molecule has 6 rings (SSSR count). The van der Waals surface area contributed by atoms with Crippen molar-refractivity contribution in [3.8, 4) is 22.5 Å². The molecular formula is C34H25ClF16N6O3. The second-order valence-electron chi connectivity index (χ2n) is 12.5. The van der Waals surface area contributed by atoms with Crippen molar-refractivity contribution in [1.82, 2.24) is 29.3 Å². The molecule has 60 heavy (non-hydrogen) atoms. The molecule has 4 aromatic rings. The average molecular weight is 905 g/mol. The summed E-state index contributed by atoms with van der Waals surface area (Å²) in [6.45, 7) is -1.72. The van der Waals surface area contributed by atoms with E-state index in [-0.39, 0.29) is 54.6 Å². The van der Waals surface area contributed by atoms with Gasteiger partial charge in [0.25, 0.3) is 11.8 Å². The van der Waals surface area contributed by atoms with Gasteiger partial charge in [-0.1, -0.05) is 0 Å². The number of halogens is 17. The Hall–Kier alpha value is -5.59. The Bertz CT molecular complexity index is 2130. The highest BCUT2D eigenvalue weighted by molar-refractivity contribution is 5.91. The number of carboxylic acid groups (broad SMARTS) is 1. The van der Waals surface area contributed by atoms with Crippen molar-refractivity contribution in [1.29, 1.82) is 0 Å². The minimum atomic E-state index is -5.00. The number of carboxylic acids is 1. The number of hydrogen-bond acceptors (Lipinski definition) is 5. The summed E-state index contributed by atoms with van der Waals surface area (Å²) >= 11 is 0. The number of nitrogens with one attached hydrogen (secondary N) is 1. The first-order chi connectivity index (χ1) is 26.9. The molecule has 1 amide bonds. The standard InChI is InChI=1S/C17H11F8N3O.C14H8F6N2O2.C3H5F2N.ClH/c18-15(19)7-28(8-15)14(29)1-2-27-6-13(26-9-27)10-3-11(16(20,21)22)5-12(4-10)17(23,24)25;15-13(16,17)9-3-8(4-10(5-9)14(18,19)20)11-6-22(7-21-11)2-1-12(23)24;4-3(5)1-6-2-3;/h1-6,9H,7-8H2;1-7H,(H,23,24);6H,1-2H2;1H/b2*2-1-;;. The van der Waals surface area contributed by atoms with Gasteiger partial charge in [-0.05, 0) is 36.4 Å². The fraction of sp³-hybridized carbons (Fsp3) is 0.294. The molecule has 0 atom stereocenters. The predicted octanol–water partition coefficient (Wildman–Crippen LogP) is 9.33. The Kier molecular flexibility index (Phi) is 14.6. The van der Waals surface area contributed by atoms with E-state index >= 15 is 0 Å². The number of imidazole rings is 2. The number of likely N-dealkylation sites (tertiary alicyclic amines) is 1. The van der Waals surface area contributed by atoms with Crippen molar-refractivity contribution in [3.05, 3.63) is 95.9 Å². The van der Waals surface area contributed by atoms with Gasteiger partial charge in [-0.25, -0.2) is 32.3 Å². The van der Waals surface area contributed by atoms with Crippen molar-refractivity contribution < 1.29 is 84.9 Å². The van der Waals surface area contributed by atoms with Crippen molar-refractivity contribution in [2.45, 2.75) is 36.6 Å². The fourth-order valence-electron chi connectivity index (χ4n) is 4.73. The molecule has 26 heteroatoms. The summed E-state index contributed by atoms with van der Waals surface area (Å²) in [6.07, 6.45) is -11.8. The lowest BCUT2D eigenvalue weighted by Gasteiger charge is -2.37. The van der Waals surface area contributed by atoms with Crippen molar-refractivity contribution in [2.24, 2.45) is 0 Å². The van der Waals surface area contributed by atoms with E-state index in [0.29, 0.717) is 24.3 Å². The summed E-state index contributed by atoms with van der Waals surface area (Å²) in [6, 6.07) is 2.16. The molecule has 0 bridgehead atoms. The summed E-state index contributed by atoms with van der Waals surface area (Å²) in [4.78, 5) is 30.4. The molecule has 0 saturated carbocycles. The number of hydrogen-bond donors (Lipinski definition) is 2. The number of nitrogens with zero attached hydrogens (tertiary/aromatic N) is 5. The lowest BCUT2D eigenvalue weighted by atomic mass is 10.0. The third kappa shape index (κ3) is 13.7. The van der Waals surface area contributed by atoms with Gasteiger partial charge in [0.2, 0.25) is 5.91 Å². The molecule has 2 aliphatic heterocycles. The molecule has 2 N–H and O–H groups in total. The number of alkyl halides is 16. The summed E-state index contributed by atoms with van der Waals surface area (Å²) in [5.74, 6) is -7.32. The third-order valence-corrected chi connectivity index (χ3v) is 7.67. The van der Waals surface area contributed by atoms with Gasteiger partial charge in [0, 0.05) is 48.1 Å². The van der Waals surface area contributed by atoms with E-state index < -0.39 is 89.3 Å². The summed E-state index contributed by atoms with van der Waals surface area (Å²) in [5, 5.41) is 10.9. The number of rotatable bonds is 6. The van der Waals surface area contributed by atoms with E-state index in [1.807, 2.05) is 0 Å². The van der Waals surface area contributed by atoms with E-state index in [1.54, 1.807) is 0 Å². The average Bonchev–Trinajstić information content (AvgIpc) is 3.77. The number of benzene rings is 2. The number of carbonyl (C=O) groups excluding carboxylic acids is 1. The first-order valence-electron chi connectivity index (χ1n) is 15.9. The molecule has 0 aliphatic carbocycles. The lowest BCUT2D eigenvalue weighted by Crippen LogP contribution is -2.58. The van der Waals surface area contributed by atoms with Gasteiger partial charge in [0.15, 0.2) is 0 Å². The molecule has 328 valence electrons. The van der Waals surface area contributed by atoms with Gasteiger partial charge in [0.1, 0.15) is 0 Å². The minimum Gasteiger partial charge on any atom is -0.478 e. The second kappa shape index (κ2) is 17.9. The molecule has 2 aliphatic rings. The minimum absolute atomic E-state index is 0. The van der Waals surface area contributed by atoms with Crippen LogP contribution < -0.4 is 5.32 Å². The van der Waals surface area contributed by atoms with Crippen LogP contribution in [0.3, 0.4) is 0 Å². The molecule has 2 aromatic heterocycles. The highest BCUT2D eigenvalue weighted by atomic mass is 35.5. The number of amides is 1. The van der Waals surface area contributed by atoms with Gasteiger partial charge in [-0.2, -0.15) is 52.7 Å². The van der Waals surface area contributed by atoms with Crippen LogP contribution in [0.5, 0.6) is 0 Å². The molecule has 2 aromatic carbocycles. The van der Waals surface area contributed by atoms with Crippen LogP contribution in [0, 0.1) is 0 Å². The summed E-state index contributed by atoms with van der Waals surface area (Å²) in [7, 11) is 0. The van der Waals surface area contributed by atoms with E-state index in [2.05, 4.69) is 15.3 Å². The zero-order valence-corrected chi connectivity index (χ0v) is 30.2. The predicted molar refractivity (Wildman–Crippen MR) is 180 cm³/mol. The molecule has 0 spiro atoms. The van der Waals surface area contributed by atoms with Crippen LogP contribution in [0.2, 0.25) is 0 Å². The van der Waals surface area contributed by atoms with Crippen molar-refractivity contribution >= 4 is 36.7 Å². The number of aromatic nitrogens is 4. The fourth-order valence-corrected chi connectivity index (χ4v) is 4.73. The zero-order chi connectivity index (χ0) is 44.4. The monoisotopic (exact) mass is 904 g/mol. The lowest BCUT2D eigenvalue weighted by molar-refractivity contribution is -0.160. The Balaban J connectivity index is 0.000000280. The Labute approximate surface area is 332 Å². The SMILES string of the molecule is Cl.FC1(F)CNC1.O=C(/C=C\n1cnc(-c2cc(C(F)(F)F)cc(C(F)(F)F)c2)c1)N1CC(F)(F)C1.O=C(O)/C=C\n1cnc(-c2cc(C(F)(F)F)cc(C(F)(F)F)c2)c1. The zero-order valence-electron chi connectivity index (χ0n) is 29.4. The summed E-state index contributed by atoms with van der Waals surface area (Å²) in [5.41, 5.74) is -7.06. The van der Waals surface area contributed by atoms with Gasteiger partial charge in [0.05, 0.1) is 72.5 Å². The highest BCUT2D eigenvalue weighted by Crippen LogP contribution is 2.40. The largest absolute Gasteiger partial charge is 0.478 e. The van der Waals surface area contributed by atoms with Crippen molar-refractivity contribution in [2.75, 3.05) is 26.2 Å². The van der Waals surface area contributed by atoms with Gasteiger partial charge in [-0.3, -0.25) is 4.79 Å². The van der Waals surface area contributed by atoms with E-state index in [0.717, 1.165) is 63.6 Å². The van der Waals surface area contributed by atoms with Crippen LogP contribution in [-0.2, 0) is 34.3 Å². The van der Waals surface area contributed by atoms with Crippen LogP contribution in [-0.4, -0.2) is 79.0 Å². The highest BCUT2D eigenvalue weighted by Gasteiger charge is 2.45. The third-order valence-electron chi connectivity index (χ3n) is 7.67. The van der Waals surface area contributed by atoms with Crippen LogP contribution in [0.1, 0.15) is 22.3 Å². The molecule has 2 fully saturated rings. The first kappa shape index (κ1) is 48.8. The molecule has 4 heterocycles. The maximum Gasteiger partial charge on any atom is 0.416 e. The van der Waals surface area contributed by atoms with Crippen LogP contribution >= 0.6 is 12.4 Å². The summed E-state index contributed by atoms with van der Waals surface area (Å²) < 4.78 is 205. The second-order valence-corrected chi connectivity index (χ2v) is 12.5. The Morgan fingerprint density at radius 3 is 1.20 bits per heavy atom. The number of carbonyl (C=O) groups is 2. The van der Waals surface area contributed by atoms with Gasteiger partial charge in [-0.15, -0.1) is 12.4 Å². The van der Waals surface area contributed by atoms with Gasteiger partial charge < -0.3 is 24.5 Å². The maximum absolute atomic E-state index is 12.9.